The first-order chi connectivity index (χ1) is 7.91. The van der Waals surface area contributed by atoms with Crippen LogP contribution in [0.25, 0.3) is 0 Å². The summed E-state index contributed by atoms with van der Waals surface area (Å²) in [7, 11) is 1.38. The van der Waals surface area contributed by atoms with Gasteiger partial charge in [-0.2, -0.15) is 4.99 Å². The number of hydrogen-bond acceptors (Lipinski definition) is 2. The molecule has 0 aromatic heterocycles. The van der Waals surface area contributed by atoms with Gasteiger partial charge in [-0.25, -0.2) is 18.0 Å². The molecule has 2 rings (SSSR count). The van der Waals surface area contributed by atoms with Crippen LogP contribution in [0.5, 0.6) is 0 Å². The van der Waals surface area contributed by atoms with E-state index in [0.717, 1.165) is 17.0 Å². The maximum absolute atomic E-state index is 13.0. The molecule has 4 nitrogen and oxygen atoms in total. The van der Waals surface area contributed by atoms with Crippen LogP contribution in [0.3, 0.4) is 0 Å². The van der Waals surface area contributed by atoms with E-state index in [1.807, 2.05) is 0 Å². The minimum atomic E-state index is -1.56. The number of aliphatic imine (C=N–C) groups is 1. The molecule has 0 aliphatic carbocycles. The van der Waals surface area contributed by atoms with Crippen LogP contribution in [0.15, 0.2) is 17.1 Å². The summed E-state index contributed by atoms with van der Waals surface area (Å²) in [6.07, 6.45) is 0. The topological polar surface area (TPSA) is 58.7 Å². The second kappa shape index (κ2) is 3.76. The zero-order valence-electron chi connectivity index (χ0n) is 8.75. The number of halogens is 3. The van der Waals surface area contributed by atoms with Crippen LogP contribution < -0.4 is 5.73 Å². The molecule has 1 aromatic rings. The number of amides is 2. The molecular formula is C10H8F3N3O. The number of carbonyl (C=O) groups excluding carboxylic acids is 1. The first kappa shape index (κ1) is 11.4. The van der Waals surface area contributed by atoms with E-state index < -0.39 is 29.5 Å². The van der Waals surface area contributed by atoms with E-state index in [0.29, 0.717) is 0 Å². The second-order valence-electron chi connectivity index (χ2n) is 3.63. The van der Waals surface area contributed by atoms with Crippen molar-refractivity contribution in [2.24, 2.45) is 10.7 Å². The molecule has 17 heavy (non-hydrogen) atoms. The Morgan fingerprint density at radius 3 is 2.24 bits per heavy atom. The van der Waals surface area contributed by atoms with Gasteiger partial charge in [0.05, 0.1) is 0 Å². The highest BCUT2D eigenvalue weighted by molar-refractivity contribution is 6.03. The molecule has 1 aliphatic rings. The highest BCUT2D eigenvalue weighted by Crippen LogP contribution is 2.27. The van der Waals surface area contributed by atoms with Crippen molar-refractivity contribution in [2.75, 3.05) is 7.05 Å². The quantitative estimate of drug-likeness (QED) is 0.761. The Hall–Kier alpha value is -2.05. The Kier molecular flexibility index (Phi) is 2.53. The van der Waals surface area contributed by atoms with E-state index in [4.69, 9.17) is 5.73 Å². The first-order valence-corrected chi connectivity index (χ1v) is 4.67. The Bertz CT molecular complexity index is 507. The minimum Gasteiger partial charge on any atom is -0.385 e. The lowest BCUT2D eigenvalue weighted by atomic mass is 10.1. The van der Waals surface area contributed by atoms with E-state index in [-0.39, 0.29) is 11.4 Å². The molecule has 0 fully saturated rings. The van der Waals surface area contributed by atoms with Gasteiger partial charge >= 0.3 is 6.03 Å². The summed E-state index contributed by atoms with van der Waals surface area (Å²) in [5.41, 5.74) is 5.52. The van der Waals surface area contributed by atoms with Gasteiger partial charge in [-0.15, -0.1) is 0 Å². The van der Waals surface area contributed by atoms with Gasteiger partial charge in [-0.1, -0.05) is 0 Å². The maximum Gasteiger partial charge on any atom is 0.345 e. The molecule has 0 saturated heterocycles. The van der Waals surface area contributed by atoms with E-state index in [9.17, 15) is 18.0 Å². The van der Waals surface area contributed by atoms with Crippen LogP contribution in [0, 0.1) is 17.5 Å². The van der Waals surface area contributed by atoms with E-state index in [2.05, 4.69) is 4.99 Å². The van der Waals surface area contributed by atoms with Crippen LogP contribution in [0.1, 0.15) is 11.6 Å². The average molecular weight is 243 g/mol. The number of amidine groups is 1. The number of rotatable bonds is 1. The molecule has 7 heteroatoms. The van der Waals surface area contributed by atoms with Crippen molar-refractivity contribution in [3.05, 3.63) is 35.1 Å². The van der Waals surface area contributed by atoms with Crippen LogP contribution in [0.4, 0.5) is 18.0 Å². The smallest absolute Gasteiger partial charge is 0.345 e. The number of urea groups is 1. The molecule has 1 aliphatic heterocycles. The first-order valence-electron chi connectivity index (χ1n) is 4.67. The average Bonchev–Trinajstić information content (AvgIpc) is 2.49. The minimum absolute atomic E-state index is 0.0380. The number of likely N-dealkylation sites (N-methyl/N-ethyl adjacent to an activating group) is 1. The fraction of sp³-hybridized carbons (Fsp3) is 0.200. The SMILES string of the molecule is CN1C(=O)N=C(N)C1c1cc(F)c(F)c(F)c1. The maximum atomic E-state index is 13.0. The third kappa shape index (κ3) is 1.73. The van der Waals surface area contributed by atoms with Crippen molar-refractivity contribution < 1.29 is 18.0 Å². The molecule has 90 valence electrons. The lowest BCUT2D eigenvalue weighted by Gasteiger charge is -2.19. The molecule has 0 spiro atoms. The Labute approximate surface area is 94.5 Å². The summed E-state index contributed by atoms with van der Waals surface area (Å²) in [5.74, 6) is -4.31. The highest BCUT2D eigenvalue weighted by atomic mass is 19.2. The number of hydrogen-bond donors (Lipinski definition) is 1. The van der Waals surface area contributed by atoms with Crippen LogP contribution in [0.2, 0.25) is 0 Å². The number of nitrogens with zero attached hydrogens (tertiary/aromatic N) is 2. The number of carbonyl (C=O) groups is 1. The molecule has 0 saturated carbocycles. The summed E-state index contributed by atoms with van der Waals surface area (Å²) < 4.78 is 38.9. The lowest BCUT2D eigenvalue weighted by Crippen LogP contribution is -2.30. The van der Waals surface area contributed by atoms with Crippen molar-refractivity contribution in [3.8, 4) is 0 Å². The van der Waals surface area contributed by atoms with Gasteiger partial charge in [0.2, 0.25) is 0 Å². The normalized spacial score (nSPS) is 19.8. The molecule has 2 amide bonds. The highest BCUT2D eigenvalue weighted by Gasteiger charge is 2.32. The fourth-order valence-corrected chi connectivity index (χ4v) is 1.69. The van der Waals surface area contributed by atoms with Crippen LogP contribution in [-0.4, -0.2) is 23.8 Å². The third-order valence-electron chi connectivity index (χ3n) is 2.52. The van der Waals surface area contributed by atoms with Crippen LogP contribution in [-0.2, 0) is 0 Å². The summed E-state index contributed by atoms with van der Waals surface area (Å²) in [4.78, 5) is 15.8. The molecular weight excluding hydrogens is 235 g/mol. The van der Waals surface area contributed by atoms with Gasteiger partial charge in [-0.3, -0.25) is 0 Å². The molecule has 0 bridgehead atoms. The van der Waals surface area contributed by atoms with Crippen molar-refractivity contribution in [1.29, 1.82) is 0 Å². The summed E-state index contributed by atoms with van der Waals surface area (Å²) >= 11 is 0. The predicted molar refractivity (Wildman–Crippen MR) is 53.8 cm³/mol. The van der Waals surface area contributed by atoms with Crippen molar-refractivity contribution >= 4 is 11.9 Å². The number of nitrogens with two attached hydrogens (primary N) is 1. The van der Waals surface area contributed by atoms with E-state index in [1.165, 1.54) is 7.05 Å². The standard InChI is InChI=1S/C10H8F3N3O/c1-16-8(9(14)15-10(16)17)4-2-5(11)7(13)6(12)3-4/h2-3,8H,1H3,(H2,14,15,17). The van der Waals surface area contributed by atoms with Gasteiger partial charge in [0.15, 0.2) is 17.5 Å². The van der Waals surface area contributed by atoms with Gasteiger partial charge < -0.3 is 10.6 Å². The Balaban J connectivity index is 2.49. The summed E-state index contributed by atoms with van der Waals surface area (Å²) in [5, 5.41) is 0. The van der Waals surface area contributed by atoms with E-state index >= 15 is 0 Å². The van der Waals surface area contributed by atoms with Crippen molar-refractivity contribution in [1.82, 2.24) is 4.90 Å². The Morgan fingerprint density at radius 2 is 1.82 bits per heavy atom. The van der Waals surface area contributed by atoms with Gasteiger partial charge in [0.25, 0.3) is 0 Å². The van der Waals surface area contributed by atoms with Crippen LogP contribution >= 0.6 is 0 Å². The molecule has 1 atom stereocenters. The molecule has 1 aromatic carbocycles. The molecule has 0 radical (unpaired) electrons. The van der Waals surface area contributed by atoms with Crippen molar-refractivity contribution in [3.63, 3.8) is 0 Å². The third-order valence-corrected chi connectivity index (χ3v) is 2.52. The largest absolute Gasteiger partial charge is 0.385 e. The van der Waals surface area contributed by atoms with Gasteiger partial charge in [-0.05, 0) is 17.7 Å². The zero-order valence-corrected chi connectivity index (χ0v) is 8.75. The Morgan fingerprint density at radius 1 is 1.29 bits per heavy atom. The van der Waals surface area contributed by atoms with Gasteiger partial charge in [0, 0.05) is 7.05 Å². The van der Waals surface area contributed by atoms with E-state index in [1.54, 1.807) is 0 Å². The fourth-order valence-electron chi connectivity index (χ4n) is 1.69. The molecule has 1 unspecified atom stereocenters. The molecule has 2 N–H and O–H groups in total. The summed E-state index contributed by atoms with van der Waals surface area (Å²) in [6, 6.07) is 0.103. The summed E-state index contributed by atoms with van der Waals surface area (Å²) in [6.45, 7) is 0. The second-order valence-corrected chi connectivity index (χ2v) is 3.63. The zero-order chi connectivity index (χ0) is 12.7. The number of benzene rings is 1. The predicted octanol–water partition coefficient (Wildman–Crippen LogP) is 1.57. The van der Waals surface area contributed by atoms with Crippen molar-refractivity contribution in [2.45, 2.75) is 6.04 Å². The monoisotopic (exact) mass is 243 g/mol. The lowest BCUT2D eigenvalue weighted by molar-refractivity contribution is 0.218. The molecule has 1 heterocycles. The van der Waals surface area contributed by atoms with Gasteiger partial charge in [0.1, 0.15) is 11.9 Å².